The van der Waals surface area contributed by atoms with Crippen LogP contribution in [0.2, 0.25) is 0 Å². The van der Waals surface area contributed by atoms with Crippen LogP contribution in [-0.4, -0.2) is 36.7 Å². The molecule has 1 amide bonds. The van der Waals surface area contributed by atoms with Gasteiger partial charge in [0.05, 0.1) is 0 Å². The van der Waals surface area contributed by atoms with Crippen molar-refractivity contribution in [2.45, 2.75) is 30.2 Å². The van der Waals surface area contributed by atoms with Gasteiger partial charge in [-0.15, -0.1) is 11.8 Å². The van der Waals surface area contributed by atoms with Crippen molar-refractivity contribution in [2.24, 2.45) is 11.7 Å². The average Bonchev–Trinajstić information content (AvgIpc) is 2.94. The van der Waals surface area contributed by atoms with Crippen LogP contribution in [0.4, 0.5) is 0 Å². The number of benzene rings is 1. The highest BCUT2D eigenvalue weighted by molar-refractivity contribution is 7.98. The summed E-state index contributed by atoms with van der Waals surface area (Å²) in [4.78, 5) is 15.5. The summed E-state index contributed by atoms with van der Waals surface area (Å²) < 4.78 is 0. The van der Waals surface area contributed by atoms with E-state index in [9.17, 15) is 4.79 Å². The van der Waals surface area contributed by atoms with E-state index in [4.69, 9.17) is 5.73 Å². The van der Waals surface area contributed by atoms with Crippen LogP contribution in [0.25, 0.3) is 0 Å². The molecule has 0 saturated heterocycles. The first-order chi connectivity index (χ1) is 9.17. The highest BCUT2D eigenvalue weighted by atomic mass is 32.2. The van der Waals surface area contributed by atoms with Crippen molar-refractivity contribution in [3.05, 3.63) is 29.8 Å². The van der Waals surface area contributed by atoms with Crippen LogP contribution in [-0.2, 0) is 0 Å². The summed E-state index contributed by atoms with van der Waals surface area (Å²) in [5, 5.41) is 0. The van der Waals surface area contributed by atoms with Gasteiger partial charge in [-0.25, -0.2) is 0 Å². The lowest BCUT2D eigenvalue weighted by Gasteiger charge is -2.29. The van der Waals surface area contributed by atoms with Crippen LogP contribution in [0.5, 0.6) is 0 Å². The zero-order valence-corrected chi connectivity index (χ0v) is 12.5. The molecule has 2 rings (SSSR count). The Bertz CT molecular complexity index is 432. The van der Waals surface area contributed by atoms with E-state index in [0.29, 0.717) is 18.5 Å². The Balaban J connectivity index is 2.09. The van der Waals surface area contributed by atoms with Crippen molar-refractivity contribution in [3.63, 3.8) is 0 Å². The Labute approximate surface area is 119 Å². The molecule has 1 aliphatic carbocycles. The molecule has 0 aromatic heterocycles. The number of rotatable bonds is 4. The maximum absolute atomic E-state index is 12.5. The van der Waals surface area contributed by atoms with Gasteiger partial charge >= 0.3 is 0 Å². The first kappa shape index (κ1) is 14.4. The molecule has 1 aromatic carbocycles. The van der Waals surface area contributed by atoms with E-state index >= 15 is 0 Å². The second-order valence-electron chi connectivity index (χ2n) is 5.14. The number of carbonyl (C=O) groups excluding carboxylic acids is 1. The minimum absolute atomic E-state index is 0.109. The summed E-state index contributed by atoms with van der Waals surface area (Å²) >= 11 is 1.69. The Morgan fingerprint density at radius 1 is 1.37 bits per heavy atom. The number of carbonyl (C=O) groups is 1. The van der Waals surface area contributed by atoms with E-state index in [1.807, 2.05) is 42.5 Å². The van der Waals surface area contributed by atoms with Gasteiger partial charge in [0.1, 0.15) is 0 Å². The smallest absolute Gasteiger partial charge is 0.253 e. The van der Waals surface area contributed by atoms with Crippen molar-refractivity contribution in [3.8, 4) is 0 Å². The van der Waals surface area contributed by atoms with Crippen LogP contribution < -0.4 is 5.73 Å². The maximum Gasteiger partial charge on any atom is 0.253 e. The van der Waals surface area contributed by atoms with Crippen LogP contribution in [0.1, 0.15) is 29.6 Å². The molecule has 0 heterocycles. The lowest BCUT2D eigenvalue weighted by atomic mass is 10.0. The lowest BCUT2D eigenvalue weighted by molar-refractivity contribution is 0.0700. The highest BCUT2D eigenvalue weighted by Gasteiger charge is 2.31. The molecule has 2 N–H and O–H groups in total. The fourth-order valence-electron chi connectivity index (χ4n) is 2.89. The van der Waals surface area contributed by atoms with E-state index in [1.54, 1.807) is 11.8 Å². The largest absolute Gasteiger partial charge is 0.338 e. The number of amides is 1. The predicted octanol–water partition coefficient (Wildman–Crippen LogP) is 2.61. The molecule has 0 radical (unpaired) electrons. The number of hydrogen-bond donors (Lipinski definition) is 1. The number of nitrogens with zero attached hydrogens (tertiary/aromatic N) is 1. The summed E-state index contributed by atoms with van der Waals surface area (Å²) in [6, 6.07) is 8.13. The molecule has 3 nitrogen and oxygen atoms in total. The monoisotopic (exact) mass is 278 g/mol. The van der Waals surface area contributed by atoms with Gasteiger partial charge in [-0.3, -0.25) is 4.79 Å². The van der Waals surface area contributed by atoms with Gasteiger partial charge in [0, 0.05) is 23.5 Å². The second kappa shape index (κ2) is 6.44. The predicted molar refractivity (Wildman–Crippen MR) is 80.5 cm³/mol. The Hall–Kier alpha value is -1.00. The molecule has 0 spiro atoms. The summed E-state index contributed by atoms with van der Waals surface area (Å²) in [5.74, 6) is 0.567. The van der Waals surface area contributed by atoms with Gasteiger partial charge in [0.25, 0.3) is 5.91 Å². The minimum Gasteiger partial charge on any atom is -0.338 e. The molecule has 1 saturated carbocycles. The number of nitrogens with two attached hydrogens (primary N) is 1. The van der Waals surface area contributed by atoms with Gasteiger partial charge in [-0.1, -0.05) is 6.42 Å². The van der Waals surface area contributed by atoms with Crippen molar-refractivity contribution in [1.29, 1.82) is 0 Å². The van der Waals surface area contributed by atoms with E-state index in [1.165, 1.54) is 11.3 Å². The van der Waals surface area contributed by atoms with Crippen molar-refractivity contribution >= 4 is 17.7 Å². The third-order valence-electron chi connectivity index (χ3n) is 4.08. The molecule has 2 unspecified atom stereocenters. The first-order valence-electron chi connectivity index (χ1n) is 6.78. The molecule has 1 aromatic rings. The van der Waals surface area contributed by atoms with E-state index < -0.39 is 0 Å². The van der Waals surface area contributed by atoms with Crippen LogP contribution in [0, 0.1) is 5.92 Å². The van der Waals surface area contributed by atoms with Gasteiger partial charge in [0.2, 0.25) is 0 Å². The quantitative estimate of drug-likeness (QED) is 0.861. The molecule has 4 heteroatoms. The highest BCUT2D eigenvalue weighted by Crippen LogP contribution is 2.29. The Morgan fingerprint density at radius 2 is 2.05 bits per heavy atom. The van der Waals surface area contributed by atoms with Crippen LogP contribution in [0.3, 0.4) is 0 Å². The summed E-state index contributed by atoms with van der Waals surface area (Å²) in [6.45, 7) is 0.674. The Kier molecular flexibility index (Phi) is 4.88. The summed E-state index contributed by atoms with van der Waals surface area (Å²) in [6.07, 6.45) is 5.43. The zero-order valence-electron chi connectivity index (χ0n) is 11.6. The number of hydrogen-bond acceptors (Lipinski definition) is 3. The van der Waals surface area contributed by atoms with Crippen LogP contribution in [0.15, 0.2) is 29.2 Å². The molecule has 2 atom stereocenters. The standard InChI is InChI=1S/C15H22N2OS/c1-17(14-5-3-4-12(14)10-16)15(18)11-6-8-13(19-2)9-7-11/h6-9,12,14H,3-5,10,16H2,1-2H3. The van der Waals surface area contributed by atoms with Crippen molar-refractivity contribution < 1.29 is 4.79 Å². The fraction of sp³-hybridized carbons (Fsp3) is 0.533. The van der Waals surface area contributed by atoms with Gasteiger partial charge in [-0.05, 0) is 55.8 Å². The third kappa shape index (κ3) is 3.12. The molecule has 0 bridgehead atoms. The van der Waals surface area contributed by atoms with Crippen LogP contribution >= 0.6 is 11.8 Å². The topological polar surface area (TPSA) is 46.3 Å². The first-order valence-corrected chi connectivity index (χ1v) is 8.01. The second-order valence-corrected chi connectivity index (χ2v) is 6.02. The SMILES string of the molecule is CSc1ccc(C(=O)N(C)C2CCCC2CN)cc1. The average molecular weight is 278 g/mol. The van der Waals surface area contributed by atoms with Crippen molar-refractivity contribution in [1.82, 2.24) is 4.90 Å². The molecule has 19 heavy (non-hydrogen) atoms. The summed E-state index contributed by atoms with van der Waals surface area (Å²) in [7, 11) is 1.91. The normalized spacial score (nSPS) is 22.5. The molecule has 1 aliphatic rings. The molecule has 104 valence electrons. The van der Waals surface area contributed by atoms with E-state index in [-0.39, 0.29) is 5.91 Å². The number of thioether (sulfide) groups is 1. The van der Waals surface area contributed by atoms with E-state index in [0.717, 1.165) is 18.4 Å². The third-order valence-corrected chi connectivity index (χ3v) is 4.82. The lowest BCUT2D eigenvalue weighted by Crippen LogP contribution is -2.41. The fourth-order valence-corrected chi connectivity index (χ4v) is 3.30. The molecular weight excluding hydrogens is 256 g/mol. The van der Waals surface area contributed by atoms with E-state index in [2.05, 4.69) is 0 Å². The van der Waals surface area contributed by atoms with Gasteiger partial charge in [0.15, 0.2) is 0 Å². The Morgan fingerprint density at radius 3 is 2.63 bits per heavy atom. The van der Waals surface area contributed by atoms with Crippen molar-refractivity contribution in [2.75, 3.05) is 19.8 Å². The zero-order chi connectivity index (χ0) is 13.8. The summed E-state index contributed by atoms with van der Waals surface area (Å²) in [5.41, 5.74) is 6.56. The van der Waals surface area contributed by atoms with Gasteiger partial charge in [-0.2, -0.15) is 0 Å². The molecule has 1 fully saturated rings. The minimum atomic E-state index is 0.109. The maximum atomic E-state index is 12.5. The molecule has 0 aliphatic heterocycles. The molecular formula is C15H22N2OS. The van der Waals surface area contributed by atoms with Gasteiger partial charge < -0.3 is 10.6 Å².